The highest BCUT2D eigenvalue weighted by Crippen LogP contribution is 2.39. The topological polar surface area (TPSA) is 95.1 Å². The van der Waals surface area contributed by atoms with E-state index in [1.54, 1.807) is 6.33 Å². The first kappa shape index (κ1) is 23.4. The molecule has 2 aliphatic heterocycles. The molecule has 4 aromatic rings. The number of hydrogen-bond acceptors (Lipinski definition) is 8. The van der Waals surface area contributed by atoms with Gasteiger partial charge in [0, 0.05) is 41.4 Å². The number of nitrogens with zero attached hydrogens (tertiary/aromatic N) is 6. The number of piperidine rings is 1. The first-order chi connectivity index (χ1) is 18.6. The predicted octanol–water partition coefficient (Wildman–Crippen LogP) is 4.51. The second-order valence-corrected chi connectivity index (χ2v) is 11.0. The van der Waals surface area contributed by atoms with Gasteiger partial charge in [-0.2, -0.15) is 0 Å². The van der Waals surface area contributed by atoms with E-state index in [2.05, 4.69) is 73.3 Å². The highest BCUT2D eigenvalue weighted by Gasteiger charge is 2.27. The molecular weight excluding hydrogens is 476 g/mol. The second-order valence-electron chi connectivity index (χ2n) is 11.0. The fourth-order valence-electron chi connectivity index (χ4n) is 5.63. The van der Waals surface area contributed by atoms with Crippen molar-refractivity contribution in [2.24, 2.45) is 0 Å². The highest BCUT2D eigenvalue weighted by molar-refractivity contribution is 5.78. The second kappa shape index (κ2) is 9.54. The largest absolute Gasteiger partial charge is 0.491 e. The van der Waals surface area contributed by atoms with Crippen LogP contribution in [0.5, 0.6) is 5.75 Å². The molecule has 0 spiro atoms. The number of fused-ring (bicyclic) bond motifs is 2. The predicted molar refractivity (Wildman–Crippen MR) is 149 cm³/mol. The lowest BCUT2D eigenvalue weighted by atomic mass is 10.0. The Bertz CT molecular complexity index is 1470. The molecule has 2 N–H and O–H groups in total. The Kier molecular flexibility index (Phi) is 5.88. The maximum Gasteiger partial charge on any atom is 0.177 e. The minimum atomic E-state index is 0.449. The quantitative estimate of drug-likeness (QED) is 0.405. The normalized spacial score (nSPS) is 18.7. The van der Waals surface area contributed by atoms with Crippen molar-refractivity contribution in [3.05, 3.63) is 53.7 Å². The lowest BCUT2D eigenvalue weighted by Gasteiger charge is -2.30. The molecule has 0 bridgehead atoms. The summed E-state index contributed by atoms with van der Waals surface area (Å²) in [6.45, 7) is 6.45. The molecule has 2 fully saturated rings. The summed E-state index contributed by atoms with van der Waals surface area (Å²) in [7, 11) is 2.19. The van der Waals surface area contributed by atoms with Crippen molar-refractivity contribution in [3.63, 3.8) is 0 Å². The Hall–Kier alpha value is -3.72. The van der Waals surface area contributed by atoms with Crippen LogP contribution in [0.1, 0.15) is 48.6 Å². The molecule has 9 nitrogen and oxygen atoms in total. The molecule has 3 aromatic heterocycles. The van der Waals surface area contributed by atoms with E-state index in [0.29, 0.717) is 18.6 Å². The molecule has 0 radical (unpaired) electrons. The van der Waals surface area contributed by atoms with Gasteiger partial charge in [-0.15, -0.1) is 0 Å². The summed E-state index contributed by atoms with van der Waals surface area (Å²) >= 11 is 0. The SMILES string of the molecule is Cc1c(NC2CCN(C)CC2)ncnc1N1CCOc2ccc(-c3cnc4nc(C5CC5)[nH]c4c3)cc2C1. The number of H-pyrrole nitrogens is 1. The van der Waals surface area contributed by atoms with E-state index in [-0.39, 0.29) is 0 Å². The van der Waals surface area contributed by atoms with Crippen molar-refractivity contribution < 1.29 is 4.74 Å². The number of nitrogens with one attached hydrogen (secondary N) is 2. The minimum Gasteiger partial charge on any atom is -0.491 e. The van der Waals surface area contributed by atoms with Crippen LogP contribution < -0.4 is 15.0 Å². The molecule has 1 saturated heterocycles. The van der Waals surface area contributed by atoms with Crippen molar-refractivity contribution in [2.45, 2.75) is 51.1 Å². The van der Waals surface area contributed by atoms with E-state index in [4.69, 9.17) is 9.72 Å². The summed E-state index contributed by atoms with van der Waals surface area (Å²) in [6.07, 6.45) is 8.30. The van der Waals surface area contributed by atoms with Crippen LogP contribution in [-0.2, 0) is 6.54 Å². The van der Waals surface area contributed by atoms with Gasteiger partial charge in [0.15, 0.2) is 5.65 Å². The molecule has 7 rings (SSSR count). The number of benzene rings is 1. The van der Waals surface area contributed by atoms with Crippen molar-refractivity contribution in [2.75, 3.05) is 43.5 Å². The molecular formula is C29H34N8O. The smallest absolute Gasteiger partial charge is 0.177 e. The zero-order chi connectivity index (χ0) is 25.6. The summed E-state index contributed by atoms with van der Waals surface area (Å²) in [5, 5.41) is 3.69. The molecule has 1 aromatic carbocycles. The van der Waals surface area contributed by atoms with Gasteiger partial charge in [0.1, 0.15) is 36.1 Å². The summed E-state index contributed by atoms with van der Waals surface area (Å²) < 4.78 is 6.16. The van der Waals surface area contributed by atoms with Crippen LogP contribution in [0.25, 0.3) is 22.3 Å². The number of likely N-dealkylation sites (tertiary alicyclic amines) is 1. The Balaban J connectivity index is 1.14. The monoisotopic (exact) mass is 510 g/mol. The summed E-state index contributed by atoms with van der Waals surface area (Å²) in [4.78, 5) is 26.8. The number of aromatic nitrogens is 5. The number of imidazole rings is 1. The molecule has 196 valence electrons. The Morgan fingerprint density at radius 2 is 1.87 bits per heavy atom. The van der Waals surface area contributed by atoms with Crippen molar-refractivity contribution in [3.8, 4) is 16.9 Å². The van der Waals surface area contributed by atoms with Gasteiger partial charge in [-0.25, -0.2) is 19.9 Å². The van der Waals surface area contributed by atoms with Gasteiger partial charge in [0.05, 0.1) is 12.1 Å². The number of anilines is 2. The Morgan fingerprint density at radius 3 is 2.71 bits per heavy atom. The fourth-order valence-corrected chi connectivity index (χ4v) is 5.63. The van der Waals surface area contributed by atoms with Gasteiger partial charge in [-0.3, -0.25) is 0 Å². The van der Waals surface area contributed by atoms with Crippen molar-refractivity contribution in [1.82, 2.24) is 29.8 Å². The number of pyridine rings is 1. The van der Waals surface area contributed by atoms with Gasteiger partial charge < -0.3 is 24.8 Å². The molecule has 5 heterocycles. The standard InChI is InChI=1S/C29H34N8O/c1-18-26(33-23-7-9-36(2)10-8-23)31-17-32-29(18)37-11-12-38-25-6-5-20(13-22(25)16-37)21-14-24-28(30-15-21)35-27(34-24)19-3-4-19/h5-6,13-15,17,19,23H,3-4,7-12,16H2,1-2H3,(H,30,34,35)(H,31,32,33). The molecule has 9 heteroatoms. The Morgan fingerprint density at radius 1 is 1.00 bits per heavy atom. The van der Waals surface area contributed by atoms with E-state index in [1.165, 1.54) is 12.8 Å². The lowest BCUT2D eigenvalue weighted by molar-refractivity contribution is 0.263. The molecule has 1 aliphatic carbocycles. The fraction of sp³-hybridized carbons (Fsp3) is 0.448. The average Bonchev–Trinajstić information content (AvgIpc) is 3.73. The van der Waals surface area contributed by atoms with Crippen molar-refractivity contribution >= 4 is 22.8 Å². The van der Waals surface area contributed by atoms with Gasteiger partial charge in [0.2, 0.25) is 0 Å². The Labute approximate surface area is 222 Å². The number of aromatic amines is 1. The van der Waals surface area contributed by atoms with Gasteiger partial charge in [-0.05, 0) is 76.5 Å². The summed E-state index contributed by atoms with van der Waals surface area (Å²) in [6, 6.07) is 9.04. The lowest BCUT2D eigenvalue weighted by Crippen LogP contribution is -2.37. The first-order valence-corrected chi connectivity index (χ1v) is 13.7. The maximum absolute atomic E-state index is 6.16. The van der Waals surface area contributed by atoms with E-state index < -0.39 is 0 Å². The first-order valence-electron chi connectivity index (χ1n) is 13.7. The summed E-state index contributed by atoms with van der Waals surface area (Å²) in [5.74, 6) is 4.48. The zero-order valence-corrected chi connectivity index (χ0v) is 22.1. The van der Waals surface area contributed by atoms with Crippen LogP contribution in [0.15, 0.2) is 36.8 Å². The average molecular weight is 511 g/mol. The van der Waals surface area contributed by atoms with Crippen LogP contribution in [0, 0.1) is 6.92 Å². The van der Waals surface area contributed by atoms with E-state index in [1.807, 2.05) is 6.20 Å². The molecule has 0 unspecified atom stereocenters. The van der Waals surface area contributed by atoms with Gasteiger partial charge >= 0.3 is 0 Å². The third-order valence-electron chi connectivity index (χ3n) is 8.11. The molecule has 3 aliphatic rings. The number of rotatable bonds is 5. The molecule has 1 saturated carbocycles. The highest BCUT2D eigenvalue weighted by atomic mass is 16.5. The third-order valence-corrected chi connectivity index (χ3v) is 8.11. The number of ether oxygens (including phenoxy) is 1. The van der Waals surface area contributed by atoms with Crippen LogP contribution in [0.2, 0.25) is 0 Å². The van der Waals surface area contributed by atoms with Crippen molar-refractivity contribution in [1.29, 1.82) is 0 Å². The third kappa shape index (κ3) is 4.55. The van der Waals surface area contributed by atoms with Gasteiger partial charge in [-0.1, -0.05) is 6.07 Å². The molecule has 0 atom stereocenters. The van der Waals surface area contributed by atoms with Crippen LogP contribution in [-0.4, -0.2) is 69.2 Å². The van der Waals surface area contributed by atoms with E-state index >= 15 is 0 Å². The summed E-state index contributed by atoms with van der Waals surface area (Å²) in [5.41, 5.74) is 6.22. The zero-order valence-electron chi connectivity index (χ0n) is 22.1. The van der Waals surface area contributed by atoms with Crippen LogP contribution in [0.4, 0.5) is 11.6 Å². The minimum absolute atomic E-state index is 0.449. The van der Waals surface area contributed by atoms with Crippen LogP contribution in [0.3, 0.4) is 0 Å². The number of hydrogen-bond donors (Lipinski definition) is 2. The van der Waals surface area contributed by atoms with Crippen LogP contribution >= 0.6 is 0 Å². The van der Waals surface area contributed by atoms with Gasteiger partial charge in [0.25, 0.3) is 0 Å². The van der Waals surface area contributed by atoms with E-state index in [9.17, 15) is 0 Å². The molecule has 38 heavy (non-hydrogen) atoms. The molecule has 0 amide bonds. The maximum atomic E-state index is 6.16. The van der Waals surface area contributed by atoms with E-state index in [0.717, 1.165) is 95.6 Å².